The van der Waals surface area contributed by atoms with E-state index >= 15 is 0 Å². The van der Waals surface area contributed by atoms with Crippen LogP contribution in [0.15, 0.2) is 18.2 Å². The van der Waals surface area contributed by atoms with Crippen LogP contribution in [0, 0.1) is 12.7 Å². The fourth-order valence-electron chi connectivity index (χ4n) is 1.53. The zero-order chi connectivity index (χ0) is 12.3. The molecule has 0 aliphatic carbocycles. The maximum absolute atomic E-state index is 13.0. The second-order valence-corrected chi connectivity index (χ2v) is 4.80. The molecule has 3 nitrogen and oxygen atoms in total. The number of nitrogens with one attached hydrogen (secondary N) is 1. The molecule has 1 aromatic heterocycles. The Labute approximate surface area is 104 Å². The summed E-state index contributed by atoms with van der Waals surface area (Å²) in [6, 6.07) is 4.72. The number of halogens is 1. The molecule has 90 valence electrons. The maximum atomic E-state index is 13.0. The van der Waals surface area contributed by atoms with Crippen LogP contribution in [0.3, 0.4) is 0 Å². The molecule has 1 N–H and O–H groups in total. The highest BCUT2D eigenvalue weighted by Gasteiger charge is 2.09. The predicted octanol–water partition coefficient (Wildman–Crippen LogP) is 2.76. The number of benzene rings is 1. The molecule has 0 saturated heterocycles. The molecule has 1 aromatic carbocycles. The highest BCUT2D eigenvalue weighted by atomic mass is 32.1. The van der Waals surface area contributed by atoms with E-state index in [0.717, 1.165) is 34.2 Å². The normalized spacial score (nSPS) is 10.8. The van der Waals surface area contributed by atoms with Crippen LogP contribution in [-0.2, 0) is 6.54 Å². The van der Waals surface area contributed by atoms with Crippen molar-refractivity contribution in [3.05, 3.63) is 34.6 Å². The highest BCUT2D eigenvalue weighted by Crippen LogP contribution is 2.26. The SMILES string of the molecule is CCNCc1nnc(-c2ccc(F)cc2C)s1. The minimum atomic E-state index is -0.219. The molecular weight excluding hydrogens is 237 g/mol. The lowest BCUT2D eigenvalue weighted by Crippen LogP contribution is -2.11. The van der Waals surface area contributed by atoms with E-state index in [1.165, 1.54) is 23.5 Å². The molecule has 0 aliphatic heterocycles. The Morgan fingerprint density at radius 2 is 2.18 bits per heavy atom. The van der Waals surface area contributed by atoms with Crippen molar-refractivity contribution in [3.63, 3.8) is 0 Å². The van der Waals surface area contributed by atoms with E-state index in [2.05, 4.69) is 15.5 Å². The maximum Gasteiger partial charge on any atom is 0.148 e. The van der Waals surface area contributed by atoms with E-state index in [9.17, 15) is 4.39 Å². The Kier molecular flexibility index (Phi) is 3.81. The van der Waals surface area contributed by atoms with Crippen molar-refractivity contribution in [3.8, 4) is 10.6 Å². The van der Waals surface area contributed by atoms with Crippen molar-refractivity contribution in [2.45, 2.75) is 20.4 Å². The molecule has 0 fully saturated rings. The van der Waals surface area contributed by atoms with Gasteiger partial charge in [-0.1, -0.05) is 18.3 Å². The summed E-state index contributed by atoms with van der Waals surface area (Å²) in [7, 11) is 0. The first kappa shape index (κ1) is 12.1. The van der Waals surface area contributed by atoms with Crippen LogP contribution in [0.1, 0.15) is 17.5 Å². The first-order chi connectivity index (χ1) is 8.20. The molecule has 0 radical (unpaired) electrons. The van der Waals surface area contributed by atoms with Crippen molar-refractivity contribution in [1.82, 2.24) is 15.5 Å². The number of nitrogens with zero attached hydrogens (tertiary/aromatic N) is 2. The van der Waals surface area contributed by atoms with Gasteiger partial charge in [0.25, 0.3) is 0 Å². The molecule has 2 aromatic rings. The van der Waals surface area contributed by atoms with Crippen LogP contribution in [-0.4, -0.2) is 16.7 Å². The lowest BCUT2D eigenvalue weighted by molar-refractivity contribution is 0.627. The summed E-state index contributed by atoms with van der Waals surface area (Å²) >= 11 is 1.54. The summed E-state index contributed by atoms with van der Waals surface area (Å²) in [5.74, 6) is -0.219. The summed E-state index contributed by atoms with van der Waals surface area (Å²) in [5, 5.41) is 13.2. The van der Waals surface area contributed by atoms with Gasteiger partial charge in [-0.05, 0) is 37.2 Å². The second kappa shape index (κ2) is 5.33. The van der Waals surface area contributed by atoms with Gasteiger partial charge in [0.05, 0.1) is 0 Å². The largest absolute Gasteiger partial charge is 0.311 e. The molecule has 17 heavy (non-hydrogen) atoms. The third kappa shape index (κ3) is 2.87. The quantitative estimate of drug-likeness (QED) is 0.908. The minimum Gasteiger partial charge on any atom is -0.311 e. The van der Waals surface area contributed by atoms with Crippen LogP contribution < -0.4 is 5.32 Å². The summed E-state index contributed by atoms with van der Waals surface area (Å²) in [4.78, 5) is 0. The van der Waals surface area contributed by atoms with E-state index in [4.69, 9.17) is 0 Å². The molecule has 0 amide bonds. The Balaban J connectivity index is 2.24. The Morgan fingerprint density at radius 1 is 1.35 bits per heavy atom. The van der Waals surface area contributed by atoms with E-state index in [1.54, 1.807) is 6.07 Å². The fraction of sp³-hybridized carbons (Fsp3) is 0.333. The third-order valence-electron chi connectivity index (χ3n) is 2.41. The standard InChI is InChI=1S/C12H14FN3S/c1-3-14-7-11-15-16-12(17-11)10-5-4-9(13)6-8(10)2/h4-6,14H,3,7H2,1-2H3. The Bertz CT molecular complexity index is 510. The van der Waals surface area contributed by atoms with Crippen molar-refractivity contribution in [2.24, 2.45) is 0 Å². The van der Waals surface area contributed by atoms with Crippen molar-refractivity contribution in [2.75, 3.05) is 6.54 Å². The molecule has 5 heteroatoms. The van der Waals surface area contributed by atoms with Gasteiger partial charge in [-0.15, -0.1) is 10.2 Å². The van der Waals surface area contributed by atoms with Crippen molar-refractivity contribution < 1.29 is 4.39 Å². The third-order valence-corrected chi connectivity index (χ3v) is 3.37. The summed E-state index contributed by atoms with van der Waals surface area (Å²) < 4.78 is 13.0. The molecule has 1 heterocycles. The number of hydrogen-bond acceptors (Lipinski definition) is 4. The molecule has 2 rings (SSSR count). The topological polar surface area (TPSA) is 37.8 Å². The zero-order valence-corrected chi connectivity index (χ0v) is 10.6. The van der Waals surface area contributed by atoms with Crippen molar-refractivity contribution in [1.29, 1.82) is 0 Å². The van der Waals surface area contributed by atoms with E-state index in [0.29, 0.717) is 0 Å². The average molecular weight is 251 g/mol. The van der Waals surface area contributed by atoms with Crippen LogP contribution >= 0.6 is 11.3 Å². The summed E-state index contributed by atoms with van der Waals surface area (Å²) in [6.45, 7) is 5.56. The molecular formula is C12H14FN3S. The lowest BCUT2D eigenvalue weighted by Gasteiger charge is -2.00. The minimum absolute atomic E-state index is 0.219. The van der Waals surface area contributed by atoms with Gasteiger partial charge in [-0.25, -0.2) is 4.39 Å². The van der Waals surface area contributed by atoms with Crippen LogP contribution in [0.4, 0.5) is 4.39 Å². The van der Waals surface area contributed by atoms with Crippen LogP contribution in [0.25, 0.3) is 10.6 Å². The lowest BCUT2D eigenvalue weighted by atomic mass is 10.1. The average Bonchev–Trinajstić information content (AvgIpc) is 2.75. The van der Waals surface area contributed by atoms with E-state index in [1.807, 2.05) is 13.8 Å². The molecule has 0 spiro atoms. The van der Waals surface area contributed by atoms with Gasteiger partial charge in [0.15, 0.2) is 0 Å². The van der Waals surface area contributed by atoms with E-state index in [-0.39, 0.29) is 5.82 Å². The first-order valence-electron chi connectivity index (χ1n) is 5.50. The molecule has 0 saturated carbocycles. The van der Waals surface area contributed by atoms with Gasteiger partial charge in [-0.2, -0.15) is 0 Å². The molecule has 0 bridgehead atoms. The van der Waals surface area contributed by atoms with Gasteiger partial charge in [-0.3, -0.25) is 0 Å². The van der Waals surface area contributed by atoms with Gasteiger partial charge < -0.3 is 5.32 Å². The first-order valence-corrected chi connectivity index (χ1v) is 6.32. The molecule has 0 aliphatic rings. The van der Waals surface area contributed by atoms with Gasteiger partial charge in [0, 0.05) is 12.1 Å². The number of hydrogen-bond donors (Lipinski definition) is 1. The monoisotopic (exact) mass is 251 g/mol. The highest BCUT2D eigenvalue weighted by molar-refractivity contribution is 7.14. The Morgan fingerprint density at radius 3 is 2.88 bits per heavy atom. The smallest absolute Gasteiger partial charge is 0.148 e. The Hall–Kier alpha value is -1.33. The summed E-state index contributed by atoms with van der Waals surface area (Å²) in [6.07, 6.45) is 0. The van der Waals surface area contributed by atoms with Gasteiger partial charge in [0.2, 0.25) is 0 Å². The van der Waals surface area contributed by atoms with Gasteiger partial charge >= 0.3 is 0 Å². The summed E-state index contributed by atoms with van der Waals surface area (Å²) in [5.41, 5.74) is 1.84. The van der Waals surface area contributed by atoms with Crippen LogP contribution in [0.5, 0.6) is 0 Å². The fourth-order valence-corrected chi connectivity index (χ4v) is 2.43. The predicted molar refractivity (Wildman–Crippen MR) is 67.4 cm³/mol. The zero-order valence-electron chi connectivity index (χ0n) is 9.83. The second-order valence-electron chi connectivity index (χ2n) is 3.74. The molecule has 0 unspecified atom stereocenters. The molecule has 0 atom stereocenters. The van der Waals surface area contributed by atoms with Crippen molar-refractivity contribution >= 4 is 11.3 Å². The van der Waals surface area contributed by atoms with E-state index < -0.39 is 0 Å². The number of rotatable bonds is 4. The number of aryl methyl sites for hydroxylation is 1. The van der Waals surface area contributed by atoms with Gasteiger partial charge in [0.1, 0.15) is 15.8 Å². The van der Waals surface area contributed by atoms with Crippen LogP contribution in [0.2, 0.25) is 0 Å². The number of aromatic nitrogens is 2.